The monoisotopic (exact) mass is 295 g/mol. The van der Waals surface area contributed by atoms with Crippen molar-refractivity contribution in [2.24, 2.45) is 11.8 Å². The highest BCUT2D eigenvalue weighted by atomic mass is 79.9. The van der Waals surface area contributed by atoms with E-state index < -0.39 is 0 Å². The molecule has 1 aromatic rings. The molecule has 1 aliphatic heterocycles. The van der Waals surface area contributed by atoms with E-state index in [1.165, 1.54) is 24.2 Å². The summed E-state index contributed by atoms with van der Waals surface area (Å²) < 4.78 is 0. The molecule has 2 rings (SSSR count). The number of rotatable bonds is 2. The largest absolute Gasteiger partial charge is 0.368 e. The molecule has 3 atom stereocenters. The lowest BCUT2D eigenvalue weighted by Gasteiger charge is -2.43. The minimum Gasteiger partial charge on any atom is -0.368 e. The van der Waals surface area contributed by atoms with Crippen molar-refractivity contribution in [3.05, 3.63) is 29.8 Å². The Kier molecular flexibility index (Phi) is 4.13. The Hall–Kier alpha value is -0.500. The van der Waals surface area contributed by atoms with Gasteiger partial charge in [-0.1, -0.05) is 48.0 Å². The van der Waals surface area contributed by atoms with Gasteiger partial charge in [-0.25, -0.2) is 0 Å². The van der Waals surface area contributed by atoms with Gasteiger partial charge in [0.25, 0.3) is 0 Å². The molecule has 1 heterocycles. The Bertz CT molecular complexity index is 377. The standard InChI is InChI=1S/C15H22BrN/c1-11-8-12(2)13(3)17(10-11)15-7-5-4-6-14(15)9-16/h4-7,11-13H,8-10H2,1-3H3. The average Bonchev–Trinajstić information content (AvgIpc) is 2.33. The van der Waals surface area contributed by atoms with Crippen LogP contribution in [-0.2, 0) is 5.33 Å². The topological polar surface area (TPSA) is 3.24 Å². The maximum atomic E-state index is 3.60. The zero-order valence-corrected chi connectivity index (χ0v) is 12.6. The summed E-state index contributed by atoms with van der Waals surface area (Å²) in [6.45, 7) is 8.30. The van der Waals surface area contributed by atoms with E-state index >= 15 is 0 Å². The van der Waals surface area contributed by atoms with E-state index in [9.17, 15) is 0 Å². The van der Waals surface area contributed by atoms with Crippen molar-refractivity contribution in [2.45, 2.75) is 38.6 Å². The number of benzene rings is 1. The Balaban J connectivity index is 2.31. The second kappa shape index (κ2) is 5.43. The Morgan fingerprint density at radius 1 is 1.24 bits per heavy atom. The summed E-state index contributed by atoms with van der Waals surface area (Å²) in [6.07, 6.45) is 1.36. The highest BCUT2D eigenvalue weighted by Gasteiger charge is 2.29. The van der Waals surface area contributed by atoms with Gasteiger partial charge in [0.15, 0.2) is 0 Å². The van der Waals surface area contributed by atoms with Crippen molar-refractivity contribution in [1.29, 1.82) is 0 Å². The van der Waals surface area contributed by atoms with Crippen LogP contribution in [-0.4, -0.2) is 12.6 Å². The molecule has 94 valence electrons. The number of halogens is 1. The minimum absolute atomic E-state index is 0.645. The van der Waals surface area contributed by atoms with Gasteiger partial charge in [-0.3, -0.25) is 0 Å². The highest BCUT2D eigenvalue weighted by molar-refractivity contribution is 9.08. The summed E-state index contributed by atoms with van der Waals surface area (Å²) in [5.74, 6) is 1.58. The molecule has 0 N–H and O–H groups in total. The molecular weight excluding hydrogens is 274 g/mol. The van der Waals surface area contributed by atoms with Crippen molar-refractivity contribution in [3.8, 4) is 0 Å². The van der Waals surface area contributed by atoms with Gasteiger partial charge in [-0.15, -0.1) is 0 Å². The SMILES string of the molecule is CC1CC(C)C(C)N(c2ccccc2CBr)C1. The first-order valence-electron chi connectivity index (χ1n) is 6.54. The van der Waals surface area contributed by atoms with Crippen molar-refractivity contribution in [2.75, 3.05) is 11.4 Å². The predicted molar refractivity (Wildman–Crippen MR) is 78.8 cm³/mol. The van der Waals surface area contributed by atoms with E-state index in [0.717, 1.165) is 17.2 Å². The number of alkyl halides is 1. The van der Waals surface area contributed by atoms with Crippen LogP contribution in [0, 0.1) is 11.8 Å². The van der Waals surface area contributed by atoms with Crippen molar-refractivity contribution in [3.63, 3.8) is 0 Å². The van der Waals surface area contributed by atoms with Crippen LogP contribution in [0.1, 0.15) is 32.8 Å². The molecule has 0 aromatic heterocycles. The molecule has 1 fully saturated rings. The molecule has 0 radical (unpaired) electrons. The zero-order valence-electron chi connectivity index (χ0n) is 11.0. The molecule has 1 saturated heterocycles. The molecule has 17 heavy (non-hydrogen) atoms. The number of anilines is 1. The van der Waals surface area contributed by atoms with E-state index in [1.807, 2.05) is 0 Å². The van der Waals surface area contributed by atoms with Crippen LogP contribution in [0.3, 0.4) is 0 Å². The number of hydrogen-bond donors (Lipinski definition) is 0. The first-order valence-corrected chi connectivity index (χ1v) is 7.66. The van der Waals surface area contributed by atoms with Crippen LogP contribution in [0.15, 0.2) is 24.3 Å². The maximum absolute atomic E-state index is 3.60. The second-order valence-corrected chi connectivity index (χ2v) is 6.03. The predicted octanol–water partition coefficient (Wildman–Crippen LogP) is 4.45. The van der Waals surface area contributed by atoms with Gasteiger partial charge in [0.2, 0.25) is 0 Å². The fourth-order valence-corrected chi connectivity index (χ4v) is 3.41. The molecule has 0 amide bonds. The third-order valence-electron chi connectivity index (χ3n) is 4.04. The summed E-state index contributed by atoms with van der Waals surface area (Å²) in [6, 6.07) is 9.41. The number of hydrogen-bond acceptors (Lipinski definition) is 1. The summed E-state index contributed by atoms with van der Waals surface area (Å²) in [5.41, 5.74) is 2.82. The van der Waals surface area contributed by atoms with Crippen LogP contribution < -0.4 is 4.90 Å². The van der Waals surface area contributed by atoms with Gasteiger partial charge < -0.3 is 4.90 Å². The second-order valence-electron chi connectivity index (χ2n) is 5.47. The molecule has 1 aliphatic rings. The van der Waals surface area contributed by atoms with Gasteiger partial charge in [0.1, 0.15) is 0 Å². The highest BCUT2D eigenvalue weighted by Crippen LogP contribution is 2.33. The normalized spacial score (nSPS) is 29.4. The molecule has 0 aliphatic carbocycles. The Morgan fingerprint density at radius 3 is 2.65 bits per heavy atom. The number of nitrogens with zero attached hydrogens (tertiary/aromatic N) is 1. The summed E-state index contributed by atoms with van der Waals surface area (Å²) in [4.78, 5) is 2.59. The van der Waals surface area contributed by atoms with Crippen LogP contribution >= 0.6 is 15.9 Å². The fraction of sp³-hybridized carbons (Fsp3) is 0.600. The summed E-state index contributed by atoms with van der Waals surface area (Å²) >= 11 is 3.60. The Morgan fingerprint density at radius 2 is 1.94 bits per heavy atom. The van der Waals surface area contributed by atoms with Crippen molar-refractivity contribution >= 4 is 21.6 Å². The van der Waals surface area contributed by atoms with Gasteiger partial charge in [-0.2, -0.15) is 0 Å². The summed E-state index contributed by atoms with van der Waals surface area (Å²) in [5, 5.41) is 0.940. The lowest BCUT2D eigenvalue weighted by atomic mass is 9.85. The molecule has 1 aromatic carbocycles. The van der Waals surface area contributed by atoms with E-state index in [1.54, 1.807) is 0 Å². The maximum Gasteiger partial charge on any atom is 0.0409 e. The summed E-state index contributed by atoms with van der Waals surface area (Å²) in [7, 11) is 0. The number of para-hydroxylation sites is 1. The molecule has 0 saturated carbocycles. The third-order valence-corrected chi connectivity index (χ3v) is 4.65. The van der Waals surface area contributed by atoms with E-state index in [2.05, 4.69) is 65.9 Å². The number of piperidine rings is 1. The lowest BCUT2D eigenvalue weighted by Crippen LogP contribution is -2.46. The van der Waals surface area contributed by atoms with Gasteiger partial charge in [-0.05, 0) is 36.8 Å². The fourth-order valence-electron chi connectivity index (χ4n) is 2.94. The molecule has 2 heteroatoms. The zero-order chi connectivity index (χ0) is 12.4. The Labute approximate surface area is 113 Å². The quantitative estimate of drug-likeness (QED) is 0.729. The van der Waals surface area contributed by atoms with Gasteiger partial charge in [0.05, 0.1) is 0 Å². The molecule has 0 bridgehead atoms. The molecule has 0 spiro atoms. The minimum atomic E-state index is 0.645. The van der Waals surface area contributed by atoms with Crippen molar-refractivity contribution < 1.29 is 0 Å². The van der Waals surface area contributed by atoms with Crippen LogP contribution in [0.2, 0.25) is 0 Å². The van der Waals surface area contributed by atoms with E-state index in [0.29, 0.717) is 6.04 Å². The molecular formula is C15H22BrN. The first-order chi connectivity index (χ1) is 8.13. The first kappa shape index (κ1) is 12.9. The van der Waals surface area contributed by atoms with E-state index in [-0.39, 0.29) is 0 Å². The smallest absolute Gasteiger partial charge is 0.0409 e. The van der Waals surface area contributed by atoms with Crippen LogP contribution in [0.4, 0.5) is 5.69 Å². The molecule has 3 unspecified atom stereocenters. The van der Waals surface area contributed by atoms with Gasteiger partial charge in [0, 0.05) is 23.6 Å². The third kappa shape index (κ3) is 2.67. The molecule has 1 nitrogen and oxygen atoms in total. The lowest BCUT2D eigenvalue weighted by molar-refractivity contribution is 0.297. The average molecular weight is 296 g/mol. The van der Waals surface area contributed by atoms with Crippen LogP contribution in [0.25, 0.3) is 0 Å². The van der Waals surface area contributed by atoms with E-state index in [4.69, 9.17) is 0 Å². The van der Waals surface area contributed by atoms with Gasteiger partial charge >= 0.3 is 0 Å². The van der Waals surface area contributed by atoms with Crippen molar-refractivity contribution in [1.82, 2.24) is 0 Å². The van der Waals surface area contributed by atoms with Crippen LogP contribution in [0.5, 0.6) is 0 Å².